The second kappa shape index (κ2) is 10.9. The zero-order valence-corrected chi connectivity index (χ0v) is 20.4. The zero-order valence-electron chi connectivity index (χ0n) is 20.4. The molecular weight excluding hydrogens is 448 g/mol. The third kappa shape index (κ3) is 4.91. The normalized spacial score (nSPS) is 24.5. The molecule has 2 saturated heterocycles. The Kier molecular flexibility index (Phi) is 7.75. The van der Waals surface area contributed by atoms with Crippen LogP contribution in [0.3, 0.4) is 0 Å². The summed E-state index contributed by atoms with van der Waals surface area (Å²) >= 11 is 0. The van der Waals surface area contributed by atoms with Gasteiger partial charge in [-0.1, -0.05) is 30.3 Å². The molecule has 4 amide bonds. The van der Waals surface area contributed by atoms with Crippen molar-refractivity contribution < 1.29 is 23.5 Å². The Hall–Kier alpha value is -3.33. The summed E-state index contributed by atoms with van der Waals surface area (Å²) in [6.07, 6.45) is 3.84. The predicted octanol–water partition coefficient (Wildman–Crippen LogP) is 2.70. The number of amides is 4. The molecule has 1 aromatic heterocycles. The van der Waals surface area contributed by atoms with Crippen LogP contribution < -0.4 is 10.6 Å². The van der Waals surface area contributed by atoms with Crippen molar-refractivity contribution in [1.82, 2.24) is 20.4 Å². The van der Waals surface area contributed by atoms with Crippen molar-refractivity contribution >= 4 is 17.8 Å². The first-order valence-electron chi connectivity index (χ1n) is 12.2. The number of urea groups is 1. The second-order valence-corrected chi connectivity index (χ2v) is 9.17. The van der Waals surface area contributed by atoms with E-state index in [0.29, 0.717) is 38.4 Å². The summed E-state index contributed by atoms with van der Waals surface area (Å²) in [7, 11) is 3.18. The van der Waals surface area contributed by atoms with Crippen molar-refractivity contribution in [3.63, 3.8) is 0 Å². The molecule has 0 unspecified atom stereocenters. The van der Waals surface area contributed by atoms with Crippen molar-refractivity contribution in [2.24, 2.45) is 5.92 Å². The van der Waals surface area contributed by atoms with E-state index < -0.39 is 17.5 Å². The Balaban J connectivity index is 1.75. The zero-order chi connectivity index (χ0) is 24.8. The van der Waals surface area contributed by atoms with Gasteiger partial charge in [-0.25, -0.2) is 4.79 Å². The van der Waals surface area contributed by atoms with Crippen LogP contribution in [0.5, 0.6) is 0 Å². The number of methoxy groups -OCH3 is 1. The van der Waals surface area contributed by atoms with E-state index in [2.05, 4.69) is 10.6 Å². The first kappa shape index (κ1) is 24.8. The van der Waals surface area contributed by atoms with E-state index >= 15 is 0 Å². The molecule has 2 fully saturated rings. The molecule has 3 heterocycles. The van der Waals surface area contributed by atoms with E-state index in [-0.39, 0.29) is 24.3 Å². The Labute approximate surface area is 205 Å². The molecule has 3 atom stereocenters. The third-order valence-electron chi connectivity index (χ3n) is 7.12. The Morgan fingerprint density at radius 3 is 2.66 bits per heavy atom. The summed E-state index contributed by atoms with van der Waals surface area (Å²) in [5.41, 5.74) is -0.208. The molecule has 2 aliphatic rings. The van der Waals surface area contributed by atoms with Crippen LogP contribution in [0, 0.1) is 5.92 Å². The fourth-order valence-electron chi connectivity index (χ4n) is 5.46. The summed E-state index contributed by atoms with van der Waals surface area (Å²) in [5.74, 6) is -0.486. The van der Waals surface area contributed by atoms with Crippen molar-refractivity contribution in [2.75, 3.05) is 33.9 Å². The van der Waals surface area contributed by atoms with Crippen molar-refractivity contribution in [3.05, 3.63) is 60.1 Å². The average Bonchev–Trinajstić information content (AvgIpc) is 3.50. The second-order valence-electron chi connectivity index (χ2n) is 9.17. The van der Waals surface area contributed by atoms with Crippen LogP contribution in [0.4, 0.5) is 4.79 Å². The topological polar surface area (TPSA) is 104 Å². The van der Waals surface area contributed by atoms with Crippen LogP contribution >= 0.6 is 0 Å². The molecular formula is C26H34N4O5. The van der Waals surface area contributed by atoms with Gasteiger partial charge in [0.2, 0.25) is 11.8 Å². The number of nitrogens with zero attached hydrogens (tertiary/aromatic N) is 2. The van der Waals surface area contributed by atoms with Crippen LogP contribution in [0.1, 0.15) is 43.0 Å². The lowest BCUT2D eigenvalue weighted by atomic mass is 9.85. The largest absolute Gasteiger partial charge is 0.467 e. The fraction of sp³-hybridized carbons (Fsp3) is 0.500. The van der Waals surface area contributed by atoms with Crippen molar-refractivity contribution in [1.29, 1.82) is 0 Å². The van der Waals surface area contributed by atoms with Crippen LogP contribution in [-0.4, -0.2) is 67.0 Å². The van der Waals surface area contributed by atoms with Gasteiger partial charge >= 0.3 is 6.03 Å². The molecule has 0 saturated carbocycles. The fourth-order valence-corrected chi connectivity index (χ4v) is 5.46. The number of benzene rings is 1. The van der Waals surface area contributed by atoms with Crippen LogP contribution in [0.2, 0.25) is 0 Å². The minimum atomic E-state index is -1.15. The maximum Gasteiger partial charge on any atom is 0.319 e. The molecule has 2 N–H and O–H groups in total. The number of carbonyl (C=O) groups excluding carboxylic acids is 3. The molecule has 2 aromatic rings. The minimum absolute atomic E-state index is 0.134. The maximum atomic E-state index is 14.1. The summed E-state index contributed by atoms with van der Waals surface area (Å²) in [6.45, 7) is 1.75. The van der Waals surface area contributed by atoms with E-state index in [1.165, 1.54) is 6.26 Å². The van der Waals surface area contributed by atoms with Gasteiger partial charge in [-0.3, -0.25) is 14.5 Å². The Bertz CT molecular complexity index is 1010. The first-order valence-corrected chi connectivity index (χ1v) is 12.2. The van der Waals surface area contributed by atoms with Gasteiger partial charge in [0.25, 0.3) is 0 Å². The van der Waals surface area contributed by atoms with Crippen LogP contribution in [0.15, 0.2) is 53.1 Å². The van der Waals surface area contributed by atoms with Gasteiger partial charge < -0.3 is 24.7 Å². The Morgan fingerprint density at radius 2 is 1.97 bits per heavy atom. The van der Waals surface area contributed by atoms with Crippen LogP contribution in [-0.2, 0) is 20.9 Å². The van der Waals surface area contributed by atoms with Gasteiger partial charge in [-0.15, -0.1) is 0 Å². The summed E-state index contributed by atoms with van der Waals surface area (Å²) in [4.78, 5) is 44.5. The van der Waals surface area contributed by atoms with Gasteiger partial charge in [0, 0.05) is 33.8 Å². The minimum Gasteiger partial charge on any atom is -0.467 e. The molecule has 9 heteroatoms. The molecule has 0 bridgehead atoms. The molecule has 2 aliphatic heterocycles. The number of likely N-dealkylation sites (tertiary alicyclic amines) is 2. The summed E-state index contributed by atoms with van der Waals surface area (Å²) in [5, 5.41) is 5.73. The van der Waals surface area contributed by atoms with E-state index in [1.807, 2.05) is 30.3 Å². The smallest absolute Gasteiger partial charge is 0.319 e. The highest BCUT2D eigenvalue weighted by atomic mass is 16.5. The number of hydrogen-bond donors (Lipinski definition) is 2. The van der Waals surface area contributed by atoms with Crippen molar-refractivity contribution in [2.45, 2.75) is 43.8 Å². The highest BCUT2D eigenvalue weighted by Gasteiger charge is 2.62. The predicted molar refractivity (Wildman–Crippen MR) is 129 cm³/mol. The molecule has 9 nitrogen and oxygen atoms in total. The van der Waals surface area contributed by atoms with E-state index in [0.717, 1.165) is 18.4 Å². The molecule has 0 radical (unpaired) electrons. The number of nitrogens with one attached hydrogen (secondary N) is 2. The van der Waals surface area contributed by atoms with E-state index in [1.54, 1.807) is 36.1 Å². The molecule has 35 heavy (non-hydrogen) atoms. The number of carbonyl (C=O) groups is 3. The molecule has 188 valence electrons. The number of hydrogen-bond acceptors (Lipinski definition) is 5. The van der Waals surface area contributed by atoms with Gasteiger partial charge in [0.15, 0.2) is 0 Å². The lowest BCUT2D eigenvalue weighted by molar-refractivity contribution is -0.142. The average molecular weight is 483 g/mol. The van der Waals surface area contributed by atoms with Gasteiger partial charge in [-0.2, -0.15) is 0 Å². The lowest BCUT2D eigenvalue weighted by Gasteiger charge is -2.40. The molecule has 1 spiro atoms. The van der Waals surface area contributed by atoms with E-state index in [4.69, 9.17) is 9.15 Å². The summed E-state index contributed by atoms with van der Waals surface area (Å²) < 4.78 is 11.0. The monoisotopic (exact) mass is 482 g/mol. The lowest BCUT2D eigenvalue weighted by Crippen LogP contribution is -2.60. The molecule has 0 aliphatic carbocycles. The highest BCUT2D eigenvalue weighted by molar-refractivity contribution is 5.94. The van der Waals surface area contributed by atoms with Crippen molar-refractivity contribution in [3.8, 4) is 0 Å². The van der Waals surface area contributed by atoms with Gasteiger partial charge in [0.1, 0.15) is 17.3 Å². The molecule has 1 aromatic carbocycles. The third-order valence-corrected chi connectivity index (χ3v) is 7.12. The van der Waals surface area contributed by atoms with Gasteiger partial charge in [-0.05, 0) is 43.4 Å². The highest BCUT2D eigenvalue weighted by Crippen LogP contribution is 2.50. The van der Waals surface area contributed by atoms with Crippen LogP contribution in [0.25, 0.3) is 0 Å². The summed E-state index contributed by atoms with van der Waals surface area (Å²) in [6, 6.07) is 12.0. The number of ether oxygens (including phenoxy) is 1. The SMILES string of the molecule is CNC(=O)[C@H]1C[C@]2(CCCCN(CCOC)C2=O)N(C(=O)NCc2ccccc2)[C@H]1c1ccco1. The van der Waals surface area contributed by atoms with Gasteiger partial charge in [0.05, 0.1) is 18.8 Å². The quantitative estimate of drug-likeness (QED) is 0.632. The molecule has 4 rings (SSSR count). The number of furan rings is 1. The Morgan fingerprint density at radius 1 is 1.17 bits per heavy atom. The number of rotatable bonds is 7. The standard InChI is InChI=1S/C26H34N4O5/c1-27-23(31)20-17-26(12-6-7-13-29(24(26)32)14-16-34-2)30(22(20)21-11-8-15-35-21)25(33)28-18-19-9-4-3-5-10-19/h3-5,8-11,15,20,22H,6-7,12-14,16-18H2,1-2H3,(H,27,31)(H,28,33)/t20-,22+,26-/m0/s1. The maximum absolute atomic E-state index is 14.1. The van der Waals surface area contributed by atoms with E-state index in [9.17, 15) is 14.4 Å². The first-order chi connectivity index (χ1) is 17.0.